The lowest BCUT2D eigenvalue weighted by atomic mass is 10.0. The topological polar surface area (TPSA) is 21.3 Å². The van der Waals surface area contributed by atoms with Gasteiger partial charge >= 0.3 is 0 Å². The van der Waals surface area contributed by atoms with Crippen molar-refractivity contribution in [3.63, 3.8) is 0 Å². The van der Waals surface area contributed by atoms with E-state index in [1.807, 2.05) is 23.5 Å². The fraction of sp³-hybridized carbons (Fsp3) is 0.375. The van der Waals surface area contributed by atoms with E-state index in [4.69, 9.17) is 4.74 Å². The van der Waals surface area contributed by atoms with Crippen molar-refractivity contribution < 1.29 is 4.74 Å². The second kappa shape index (κ2) is 7.25. The zero-order valence-corrected chi connectivity index (χ0v) is 14.5. The molecule has 0 saturated heterocycles. The second-order valence-electron chi connectivity index (χ2n) is 4.54. The quantitative estimate of drug-likeness (QED) is 0.806. The van der Waals surface area contributed by atoms with E-state index in [1.54, 1.807) is 7.11 Å². The largest absolute Gasteiger partial charge is 0.496 e. The summed E-state index contributed by atoms with van der Waals surface area (Å²) in [5.74, 6) is 0.926. The maximum Gasteiger partial charge on any atom is 0.124 e. The molecule has 0 fully saturated rings. The molecule has 1 N–H and O–H groups in total. The van der Waals surface area contributed by atoms with Crippen LogP contribution >= 0.6 is 27.3 Å². The highest BCUT2D eigenvalue weighted by Gasteiger charge is 2.21. The predicted molar refractivity (Wildman–Crippen MR) is 89.9 cm³/mol. The summed E-state index contributed by atoms with van der Waals surface area (Å²) in [6.45, 7) is 5.25. The summed E-state index contributed by atoms with van der Waals surface area (Å²) in [4.78, 5) is 1.38. The van der Waals surface area contributed by atoms with Gasteiger partial charge in [0, 0.05) is 14.9 Å². The predicted octanol–water partition coefficient (Wildman–Crippen LogP) is 4.78. The molecule has 0 radical (unpaired) electrons. The third kappa shape index (κ3) is 3.25. The minimum absolute atomic E-state index is 0.183. The molecule has 1 unspecified atom stereocenters. The van der Waals surface area contributed by atoms with E-state index >= 15 is 0 Å². The van der Waals surface area contributed by atoms with Crippen molar-refractivity contribution in [2.24, 2.45) is 0 Å². The van der Waals surface area contributed by atoms with E-state index in [2.05, 4.69) is 52.6 Å². The van der Waals surface area contributed by atoms with Gasteiger partial charge in [-0.2, -0.15) is 0 Å². The summed E-state index contributed by atoms with van der Waals surface area (Å²) in [5, 5.41) is 5.76. The van der Waals surface area contributed by atoms with Gasteiger partial charge in [0.05, 0.1) is 13.2 Å². The third-order valence-corrected chi connectivity index (χ3v) is 4.85. The maximum atomic E-state index is 5.54. The molecule has 0 aliphatic heterocycles. The van der Waals surface area contributed by atoms with Crippen LogP contribution in [0.25, 0.3) is 0 Å². The molecule has 0 aliphatic carbocycles. The summed E-state index contributed by atoms with van der Waals surface area (Å²) in [6.07, 6.45) is 1.05. The minimum atomic E-state index is 0.183. The Morgan fingerprint density at radius 3 is 2.75 bits per heavy atom. The first-order valence-electron chi connectivity index (χ1n) is 6.84. The lowest BCUT2D eigenvalue weighted by Gasteiger charge is -2.21. The van der Waals surface area contributed by atoms with Crippen LogP contribution < -0.4 is 10.1 Å². The van der Waals surface area contributed by atoms with Crippen molar-refractivity contribution in [2.75, 3.05) is 13.7 Å². The Balaban J connectivity index is 2.50. The van der Waals surface area contributed by atoms with Crippen LogP contribution in [0.1, 0.15) is 35.9 Å². The molecule has 1 heterocycles. The number of methoxy groups -OCH3 is 1. The molecule has 2 aromatic rings. The first-order chi connectivity index (χ1) is 9.71. The molecule has 2 rings (SSSR count). The molecule has 0 bridgehead atoms. The number of thiophene rings is 1. The molecule has 20 heavy (non-hydrogen) atoms. The van der Waals surface area contributed by atoms with Crippen molar-refractivity contribution in [3.05, 3.63) is 50.1 Å². The zero-order chi connectivity index (χ0) is 14.5. The van der Waals surface area contributed by atoms with Crippen LogP contribution in [0, 0.1) is 0 Å². The molecule has 1 aromatic carbocycles. The van der Waals surface area contributed by atoms with Gasteiger partial charge in [-0.15, -0.1) is 11.3 Å². The molecule has 108 valence electrons. The van der Waals surface area contributed by atoms with Gasteiger partial charge in [-0.1, -0.05) is 29.8 Å². The summed E-state index contributed by atoms with van der Waals surface area (Å²) >= 11 is 5.37. The molecule has 0 aliphatic rings. The highest BCUT2D eigenvalue weighted by atomic mass is 79.9. The van der Waals surface area contributed by atoms with Crippen LogP contribution in [0.15, 0.2) is 34.1 Å². The summed E-state index contributed by atoms with van der Waals surface area (Å²) < 4.78 is 6.62. The fourth-order valence-corrected chi connectivity index (χ4v) is 3.84. The summed E-state index contributed by atoms with van der Waals surface area (Å²) in [6, 6.07) is 8.58. The van der Waals surface area contributed by atoms with Crippen LogP contribution in [-0.4, -0.2) is 13.7 Å². The highest BCUT2D eigenvalue weighted by molar-refractivity contribution is 9.10. The Hall–Kier alpha value is -0.840. The van der Waals surface area contributed by atoms with Gasteiger partial charge < -0.3 is 10.1 Å². The number of halogens is 1. The third-order valence-electron chi connectivity index (χ3n) is 3.33. The number of ether oxygens (including phenoxy) is 1. The average Bonchev–Trinajstić information content (AvgIpc) is 2.93. The fourth-order valence-electron chi connectivity index (χ4n) is 2.37. The number of rotatable bonds is 6. The van der Waals surface area contributed by atoms with E-state index in [0.717, 1.165) is 23.2 Å². The highest BCUT2D eigenvalue weighted by Crippen LogP contribution is 2.36. The first-order valence-corrected chi connectivity index (χ1v) is 8.51. The Morgan fingerprint density at radius 1 is 1.30 bits per heavy atom. The molecule has 2 nitrogen and oxygen atoms in total. The zero-order valence-electron chi connectivity index (χ0n) is 12.1. The molecule has 0 saturated carbocycles. The Bertz CT molecular complexity index is 567. The molecular formula is C16H20BrNOS. The standard InChI is InChI=1S/C16H20BrNOS/c1-4-11-8-9-20-16(11)15(18-5-2)13-10-12(17)6-7-14(13)19-3/h6-10,15,18H,4-5H2,1-3H3. The number of hydrogen-bond donors (Lipinski definition) is 1. The molecule has 0 amide bonds. The van der Waals surface area contributed by atoms with Gasteiger partial charge in [0.15, 0.2) is 0 Å². The molecule has 4 heteroatoms. The normalized spacial score (nSPS) is 12.4. The van der Waals surface area contributed by atoms with Crippen molar-refractivity contribution >= 4 is 27.3 Å². The van der Waals surface area contributed by atoms with E-state index in [0.29, 0.717) is 0 Å². The van der Waals surface area contributed by atoms with Gasteiger partial charge in [0.2, 0.25) is 0 Å². The second-order valence-corrected chi connectivity index (χ2v) is 6.40. The van der Waals surface area contributed by atoms with Crippen LogP contribution in [0.2, 0.25) is 0 Å². The van der Waals surface area contributed by atoms with Crippen molar-refractivity contribution in [1.82, 2.24) is 5.32 Å². The summed E-state index contributed by atoms with van der Waals surface area (Å²) in [7, 11) is 1.73. The minimum Gasteiger partial charge on any atom is -0.496 e. The lowest BCUT2D eigenvalue weighted by Crippen LogP contribution is -2.22. The van der Waals surface area contributed by atoms with E-state index in [-0.39, 0.29) is 6.04 Å². The van der Waals surface area contributed by atoms with Crippen LogP contribution in [0.3, 0.4) is 0 Å². The Labute approximate surface area is 133 Å². The summed E-state index contributed by atoms with van der Waals surface area (Å²) in [5.41, 5.74) is 2.59. The molecule has 1 aromatic heterocycles. The van der Waals surface area contributed by atoms with Gasteiger partial charge in [0.25, 0.3) is 0 Å². The van der Waals surface area contributed by atoms with E-state index in [1.165, 1.54) is 16.0 Å². The van der Waals surface area contributed by atoms with Crippen molar-refractivity contribution in [1.29, 1.82) is 0 Å². The van der Waals surface area contributed by atoms with Crippen LogP contribution in [-0.2, 0) is 6.42 Å². The van der Waals surface area contributed by atoms with E-state index < -0.39 is 0 Å². The number of aryl methyl sites for hydroxylation is 1. The van der Waals surface area contributed by atoms with Gasteiger partial charge in [-0.25, -0.2) is 0 Å². The van der Waals surface area contributed by atoms with E-state index in [9.17, 15) is 0 Å². The van der Waals surface area contributed by atoms with Crippen molar-refractivity contribution in [3.8, 4) is 5.75 Å². The Kier molecular flexibility index (Phi) is 5.64. The Morgan fingerprint density at radius 2 is 2.10 bits per heavy atom. The molecular weight excluding hydrogens is 334 g/mol. The van der Waals surface area contributed by atoms with Gasteiger partial charge in [-0.05, 0) is 48.2 Å². The van der Waals surface area contributed by atoms with Crippen LogP contribution in [0.5, 0.6) is 5.75 Å². The van der Waals surface area contributed by atoms with Gasteiger partial charge in [-0.3, -0.25) is 0 Å². The number of nitrogens with one attached hydrogen (secondary N) is 1. The monoisotopic (exact) mass is 353 g/mol. The maximum absolute atomic E-state index is 5.54. The SMILES string of the molecule is CCNC(c1cc(Br)ccc1OC)c1sccc1CC. The average molecular weight is 354 g/mol. The number of hydrogen-bond acceptors (Lipinski definition) is 3. The first kappa shape index (κ1) is 15.5. The smallest absolute Gasteiger partial charge is 0.124 e. The lowest BCUT2D eigenvalue weighted by molar-refractivity contribution is 0.404. The number of benzene rings is 1. The molecule has 1 atom stereocenters. The van der Waals surface area contributed by atoms with Gasteiger partial charge in [0.1, 0.15) is 5.75 Å². The van der Waals surface area contributed by atoms with Crippen molar-refractivity contribution in [2.45, 2.75) is 26.3 Å². The van der Waals surface area contributed by atoms with Crippen LogP contribution in [0.4, 0.5) is 0 Å². The molecule has 0 spiro atoms.